The Balaban J connectivity index is 2.63. The van der Waals surface area contributed by atoms with E-state index in [4.69, 9.17) is 22.8 Å². The fraction of sp³-hybridized carbons (Fsp3) is 0.429. The van der Waals surface area contributed by atoms with Crippen molar-refractivity contribution in [1.29, 1.82) is 0 Å². The van der Waals surface area contributed by atoms with Crippen molar-refractivity contribution in [3.8, 4) is 18.1 Å². The van der Waals surface area contributed by atoms with Crippen molar-refractivity contribution >= 4 is 11.6 Å². The molecule has 0 aromatic heterocycles. The topological polar surface area (TPSA) is 21.3 Å². The Hall–Kier alpha value is -1.17. The van der Waals surface area contributed by atoms with Crippen LogP contribution in [0.5, 0.6) is 5.75 Å². The molecular weight excluding hydrogens is 234 g/mol. The number of halogens is 1. The summed E-state index contributed by atoms with van der Waals surface area (Å²) in [6, 6.07) is 5.71. The van der Waals surface area contributed by atoms with Crippen LogP contribution < -0.4 is 10.1 Å². The highest BCUT2D eigenvalue weighted by Gasteiger charge is 2.07. The highest BCUT2D eigenvalue weighted by Crippen LogP contribution is 2.26. The predicted molar refractivity (Wildman–Crippen MR) is 72.4 cm³/mol. The summed E-state index contributed by atoms with van der Waals surface area (Å²) in [5.41, 5.74) is 1.01. The summed E-state index contributed by atoms with van der Waals surface area (Å²) in [6.45, 7) is 4.32. The van der Waals surface area contributed by atoms with E-state index in [0.717, 1.165) is 42.3 Å². The zero-order chi connectivity index (χ0) is 12.5. The second-order valence-corrected chi connectivity index (χ2v) is 4.06. The van der Waals surface area contributed by atoms with Gasteiger partial charge in [-0.2, -0.15) is 0 Å². The Morgan fingerprint density at radius 3 is 3.00 bits per heavy atom. The van der Waals surface area contributed by atoms with Gasteiger partial charge in [0.15, 0.2) is 0 Å². The first kappa shape index (κ1) is 13.9. The van der Waals surface area contributed by atoms with E-state index in [0.29, 0.717) is 6.61 Å². The Labute approximate surface area is 108 Å². The van der Waals surface area contributed by atoms with E-state index in [-0.39, 0.29) is 0 Å². The van der Waals surface area contributed by atoms with Crippen molar-refractivity contribution in [2.24, 2.45) is 0 Å². The van der Waals surface area contributed by atoms with Crippen LogP contribution in [0.15, 0.2) is 18.2 Å². The maximum Gasteiger partial charge on any atom is 0.125 e. The van der Waals surface area contributed by atoms with Gasteiger partial charge in [-0.3, -0.25) is 0 Å². The maximum absolute atomic E-state index is 6.15. The molecule has 1 N–H and O–H groups in total. The highest BCUT2D eigenvalue weighted by atomic mass is 35.5. The molecule has 0 spiro atoms. The first-order valence-corrected chi connectivity index (χ1v) is 6.21. The van der Waals surface area contributed by atoms with Gasteiger partial charge in [-0.15, -0.1) is 12.3 Å². The molecular formula is C14H18ClNO. The van der Waals surface area contributed by atoms with Gasteiger partial charge in [0, 0.05) is 23.6 Å². The molecule has 0 saturated heterocycles. The molecule has 0 fully saturated rings. The van der Waals surface area contributed by atoms with Crippen molar-refractivity contribution in [1.82, 2.24) is 5.32 Å². The third-order valence-corrected chi connectivity index (χ3v) is 2.70. The smallest absolute Gasteiger partial charge is 0.125 e. The van der Waals surface area contributed by atoms with Crippen LogP contribution in [0.2, 0.25) is 5.02 Å². The summed E-state index contributed by atoms with van der Waals surface area (Å²) in [4.78, 5) is 0. The van der Waals surface area contributed by atoms with Crippen molar-refractivity contribution in [2.75, 3.05) is 13.2 Å². The SMILES string of the molecule is C#CCCCOc1cccc(Cl)c1CNCC. The fourth-order valence-corrected chi connectivity index (χ4v) is 1.68. The van der Waals surface area contributed by atoms with Crippen LogP contribution >= 0.6 is 11.6 Å². The van der Waals surface area contributed by atoms with Crippen molar-refractivity contribution in [3.05, 3.63) is 28.8 Å². The molecule has 0 aliphatic heterocycles. The average Bonchev–Trinajstić information content (AvgIpc) is 2.34. The lowest BCUT2D eigenvalue weighted by Gasteiger charge is -2.12. The van der Waals surface area contributed by atoms with Gasteiger partial charge >= 0.3 is 0 Å². The van der Waals surface area contributed by atoms with Gasteiger partial charge in [-0.05, 0) is 25.1 Å². The molecule has 1 rings (SSSR count). The molecule has 17 heavy (non-hydrogen) atoms. The summed E-state index contributed by atoms with van der Waals surface area (Å²) in [7, 11) is 0. The van der Waals surface area contributed by atoms with Gasteiger partial charge in [0.05, 0.1) is 6.61 Å². The van der Waals surface area contributed by atoms with E-state index < -0.39 is 0 Å². The van der Waals surface area contributed by atoms with E-state index in [1.165, 1.54) is 0 Å². The monoisotopic (exact) mass is 251 g/mol. The number of terminal acetylenes is 1. The first-order chi connectivity index (χ1) is 8.29. The summed E-state index contributed by atoms with van der Waals surface area (Å²) in [5, 5.41) is 3.99. The van der Waals surface area contributed by atoms with E-state index in [2.05, 4.69) is 18.2 Å². The molecule has 92 valence electrons. The van der Waals surface area contributed by atoms with Crippen LogP contribution in [0.4, 0.5) is 0 Å². The van der Waals surface area contributed by atoms with Crippen LogP contribution in [0.3, 0.4) is 0 Å². The van der Waals surface area contributed by atoms with Crippen LogP contribution in [0.1, 0.15) is 25.3 Å². The van der Waals surface area contributed by atoms with Crippen molar-refractivity contribution < 1.29 is 4.74 Å². The van der Waals surface area contributed by atoms with Gasteiger partial charge in [-0.1, -0.05) is 24.6 Å². The molecule has 1 aromatic rings. The number of ether oxygens (including phenoxy) is 1. The van der Waals surface area contributed by atoms with Gasteiger partial charge in [0.25, 0.3) is 0 Å². The molecule has 0 atom stereocenters. The van der Waals surface area contributed by atoms with Gasteiger partial charge in [0.2, 0.25) is 0 Å². The highest BCUT2D eigenvalue weighted by molar-refractivity contribution is 6.31. The molecule has 0 unspecified atom stereocenters. The van der Waals surface area contributed by atoms with E-state index in [9.17, 15) is 0 Å². The molecule has 0 saturated carbocycles. The number of unbranched alkanes of at least 4 members (excludes halogenated alkanes) is 1. The molecule has 1 aromatic carbocycles. The molecule has 0 radical (unpaired) electrons. The van der Waals surface area contributed by atoms with Gasteiger partial charge in [-0.25, -0.2) is 0 Å². The molecule has 0 bridgehead atoms. The van der Waals surface area contributed by atoms with E-state index in [1.807, 2.05) is 18.2 Å². The summed E-state index contributed by atoms with van der Waals surface area (Å²) in [6.07, 6.45) is 6.79. The number of nitrogens with one attached hydrogen (secondary N) is 1. The number of hydrogen-bond acceptors (Lipinski definition) is 2. The molecule has 2 nitrogen and oxygen atoms in total. The van der Waals surface area contributed by atoms with Crippen molar-refractivity contribution in [3.63, 3.8) is 0 Å². The third-order valence-electron chi connectivity index (χ3n) is 2.35. The maximum atomic E-state index is 6.15. The summed E-state index contributed by atoms with van der Waals surface area (Å²) in [5.74, 6) is 3.44. The van der Waals surface area contributed by atoms with Crippen LogP contribution in [0, 0.1) is 12.3 Å². The van der Waals surface area contributed by atoms with Crippen molar-refractivity contribution in [2.45, 2.75) is 26.3 Å². The molecule has 0 amide bonds. The van der Waals surface area contributed by atoms with Crippen LogP contribution in [-0.4, -0.2) is 13.2 Å². The first-order valence-electron chi connectivity index (χ1n) is 5.84. The molecule has 0 heterocycles. The second kappa shape index (κ2) is 8.00. The standard InChI is InChI=1S/C14H18ClNO/c1-3-5-6-10-17-14-9-7-8-13(15)12(14)11-16-4-2/h1,7-9,16H,4-6,10-11H2,2H3. The Morgan fingerprint density at radius 2 is 2.29 bits per heavy atom. The van der Waals surface area contributed by atoms with Gasteiger partial charge in [0.1, 0.15) is 5.75 Å². The number of hydrogen-bond donors (Lipinski definition) is 1. The lowest BCUT2D eigenvalue weighted by molar-refractivity contribution is 0.309. The molecule has 3 heteroatoms. The zero-order valence-corrected chi connectivity index (χ0v) is 10.9. The largest absolute Gasteiger partial charge is 0.493 e. The third kappa shape index (κ3) is 4.68. The predicted octanol–water partition coefficient (Wildman–Crippen LogP) is 3.24. The summed E-state index contributed by atoms with van der Waals surface area (Å²) >= 11 is 6.15. The van der Waals surface area contributed by atoms with E-state index >= 15 is 0 Å². The zero-order valence-electron chi connectivity index (χ0n) is 10.1. The Morgan fingerprint density at radius 1 is 1.47 bits per heavy atom. The van der Waals surface area contributed by atoms with Crippen LogP contribution in [-0.2, 0) is 6.54 Å². The normalized spacial score (nSPS) is 9.94. The molecule has 0 aliphatic carbocycles. The molecule has 0 aliphatic rings. The van der Waals surface area contributed by atoms with Gasteiger partial charge < -0.3 is 10.1 Å². The lowest BCUT2D eigenvalue weighted by Crippen LogP contribution is -2.13. The minimum absolute atomic E-state index is 0.629. The minimum atomic E-state index is 0.629. The Bertz CT molecular complexity index is 384. The quantitative estimate of drug-likeness (QED) is 0.593. The average molecular weight is 252 g/mol. The second-order valence-electron chi connectivity index (χ2n) is 3.65. The van der Waals surface area contributed by atoms with E-state index in [1.54, 1.807) is 0 Å². The number of rotatable bonds is 7. The Kier molecular flexibility index (Phi) is 6.54. The van der Waals surface area contributed by atoms with Crippen LogP contribution in [0.25, 0.3) is 0 Å². The number of benzene rings is 1. The minimum Gasteiger partial charge on any atom is -0.493 e. The fourth-order valence-electron chi connectivity index (χ4n) is 1.45. The summed E-state index contributed by atoms with van der Waals surface area (Å²) < 4.78 is 5.70. The lowest BCUT2D eigenvalue weighted by atomic mass is 10.2.